The second-order valence-electron chi connectivity index (χ2n) is 10.4. The van der Waals surface area contributed by atoms with Crippen LogP contribution in [0.1, 0.15) is 56.2 Å². The first-order chi connectivity index (χ1) is 15.3. The summed E-state index contributed by atoms with van der Waals surface area (Å²) in [7, 11) is 1.64. The third-order valence-electron chi connectivity index (χ3n) is 6.88. The lowest BCUT2D eigenvalue weighted by Crippen LogP contribution is -2.37. The van der Waals surface area contributed by atoms with Crippen LogP contribution in [0.25, 0.3) is 11.4 Å². The lowest BCUT2D eigenvalue weighted by Gasteiger charge is -2.28. The summed E-state index contributed by atoms with van der Waals surface area (Å²) in [5, 5.41) is 2.74. The number of fused-ring (bicyclic) bond motifs is 1. The fraction of sp³-hybridized carbons (Fsp3) is 0.577. The van der Waals surface area contributed by atoms with Crippen LogP contribution in [0.2, 0.25) is 0 Å². The van der Waals surface area contributed by atoms with Crippen molar-refractivity contribution >= 4 is 11.7 Å². The standard InChI is InChI=1S/C26H36N4O2/c1-26(2,3)20(25(32)27-4)16-22(31)23-21-12-13-29(17-18-10-11-18)14-15-30(21)24(28-23)19-8-6-5-7-9-19/h5-9,18,20H,10-17H2,1-4H3,(H,27,32)/t20-/m1/s1. The van der Waals surface area contributed by atoms with Crippen LogP contribution in [0.15, 0.2) is 30.3 Å². The molecule has 1 aliphatic carbocycles. The topological polar surface area (TPSA) is 67.2 Å². The summed E-state index contributed by atoms with van der Waals surface area (Å²) in [5.74, 6) is 1.20. The van der Waals surface area contributed by atoms with Gasteiger partial charge in [0.2, 0.25) is 5.91 Å². The largest absolute Gasteiger partial charge is 0.359 e. The maximum absolute atomic E-state index is 13.6. The van der Waals surface area contributed by atoms with Gasteiger partial charge in [-0.2, -0.15) is 0 Å². The lowest BCUT2D eigenvalue weighted by molar-refractivity contribution is -0.127. The number of rotatable bonds is 7. The van der Waals surface area contributed by atoms with Gasteiger partial charge in [0.1, 0.15) is 11.5 Å². The van der Waals surface area contributed by atoms with Crippen LogP contribution >= 0.6 is 0 Å². The molecule has 2 aliphatic rings. The van der Waals surface area contributed by atoms with E-state index in [1.807, 2.05) is 39.0 Å². The molecule has 0 unspecified atom stereocenters. The predicted molar refractivity (Wildman–Crippen MR) is 126 cm³/mol. The number of Topliss-reactive ketones (excluding diaryl/α,β-unsaturated/α-hetero) is 1. The van der Waals surface area contributed by atoms with E-state index in [4.69, 9.17) is 4.98 Å². The molecule has 4 rings (SSSR count). The van der Waals surface area contributed by atoms with Crippen LogP contribution in [-0.2, 0) is 17.8 Å². The Morgan fingerprint density at radius 2 is 1.84 bits per heavy atom. The minimum atomic E-state index is -0.394. The Labute approximate surface area is 191 Å². The molecule has 32 heavy (non-hydrogen) atoms. The molecule has 1 aliphatic heterocycles. The minimum Gasteiger partial charge on any atom is -0.359 e. The smallest absolute Gasteiger partial charge is 0.223 e. The highest BCUT2D eigenvalue weighted by atomic mass is 16.2. The maximum Gasteiger partial charge on any atom is 0.223 e. The summed E-state index contributed by atoms with van der Waals surface area (Å²) in [6.07, 6.45) is 3.68. The van der Waals surface area contributed by atoms with Crippen molar-refractivity contribution in [2.45, 2.75) is 53.0 Å². The molecule has 2 heterocycles. The highest BCUT2D eigenvalue weighted by molar-refractivity contribution is 5.98. The number of nitrogens with one attached hydrogen (secondary N) is 1. The molecule has 1 aromatic heterocycles. The molecule has 6 nitrogen and oxygen atoms in total. The number of hydrogen-bond acceptors (Lipinski definition) is 4. The summed E-state index contributed by atoms with van der Waals surface area (Å²) in [4.78, 5) is 33.5. The zero-order valence-electron chi connectivity index (χ0n) is 19.9. The number of ketones is 1. The molecule has 1 N–H and O–H groups in total. The Kier molecular flexibility index (Phi) is 6.52. The molecule has 0 radical (unpaired) electrons. The van der Waals surface area contributed by atoms with Crippen molar-refractivity contribution in [3.63, 3.8) is 0 Å². The number of aromatic nitrogens is 2. The molecule has 0 bridgehead atoms. The normalized spacial score (nSPS) is 18.0. The number of carbonyl (C=O) groups is 2. The van der Waals surface area contributed by atoms with Gasteiger partial charge in [-0.1, -0.05) is 51.1 Å². The summed E-state index contributed by atoms with van der Waals surface area (Å²) in [5.41, 5.74) is 2.30. The van der Waals surface area contributed by atoms with Crippen molar-refractivity contribution in [3.8, 4) is 11.4 Å². The van der Waals surface area contributed by atoms with E-state index in [1.165, 1.54) is 12.8 Å². The van der Waals surface area contributed by atoms with Crippen LogP contribution in [0.5, 0.6) is 0 Å². The Morgan fingerprint density at radius 1 is 1.12 bits per heavy atom. The van der Waals surface area contributed by atoms with E-state index in [0.717, 1.165) is 55.6 Å². The van der Waals surface area contributed by atoms with E-state index in [2.05, 4.69) is 26.9 Å². The first kappa shape index (κ1) is 22.7. The SMILES string of the molecule is CNC(=O)[C@@H](CC(=O)c1nc(-c2ccccc2)n2c1CCN(CC1CC1)CC2)C(C)(C)C. The number of nitrogens with zero attached hydrogens (tertiary/aromatic N) is 3. The molecular formula is C26H36N4O2. The zero-order chi connectivity index (χ0) is 22.9. The second kappa shape index (κ2) is 9.18. The molecule has 2 aromatic rings. The third kappa shape index (κ3) is 4.96. The molecule has 1 saturated carbocycles. The Hall–Kier alpha value is -2.47. The van der Waals surface area contributed by atoms with Gasteiger partial charge < -0.3 is 14.8 Å². The van der Waals surface area contributed by atoms with Crippen LogP contribution < -0.4 is 5.32 Å². The van der Waals surface area contributed by atoms with Crippen LogP contribution in [-0.4, -0.2) is 52.8 Å². The molecule has 1 atom stereocenters. The van der Waals surface area contributed by atoms with Gasteiger partial charge in [0.15, 0.2) is 5.78 Å². The first-order valence-electron chi connectivity index (χ1n) is 11.9. The quantitative estimate of drug-likeness (QED) is 0.671. The van der Waals surface area contributed by atoms with Gasteiger partial charge in [0, 0.05) is 51.6 Å². The number of hydrogen-bond donors (Lipinski definition) is 1. The molecule has 1 amide bonds. The van der Waals surface area contributed by atoms with Gasteiger partial charge in [-0.05, 0) is 24.2 Å². The summed E-state index contributed by atoms with van der Waals surface area (Å²) >= 11 is 0. The number of imidazole rings is 1. The average Bonchev–Trinajstić information content (AvgIpc) is 3.55. The fourth-order valence-corrected chi connectivity index (χ4v) is 4.73. The number of amides is 1. The molecule has 6 heteroatoms. The zero-order valence-corrected chi connectivity index (χ0v) is 19.9. The molecule has 1 aromatic carbocycles. The second-order valence-corrected chi connectivity index (χ2v) is 10.4. The Morgan fingerprint density at radius 3 is 2.47 bits per heavy atom. The van der Waals surface area contributed by atoms with Gasteiger partial charge in [0.05, 0.1) is 11.6 Å². The first-order valence-corrected chi connectivity index (χ1v) is 11.9. The average molecular weight is 437 g/mol. The van der Waals surface area contributed by atoms with Crippen molar-refractivity contribution in [2.75, 3.05) is 26.7 Å². The van der Waals surface area contributed by atoms with Gasteiger partial charge in [-0.25, -0.2) is 4.98 Å². The van der Waals surface area contributed by atoms with Crippen LogP contribution in [0.3, 0.4) is 0 Å². The van der Waals surface area contributed by atoms with E-state index in [-0.39, 0.29) is 23.5 Å². The van der Waals surface area contributed by atoms with E-state index in [1.54, 1.807) is 7.05 Å². The Balaban J connectivity index is 1.67. The van der Waals surface area contributed by atoms with Crippen LogP contribution in [0, 0.1) is 17.3 Å². The third-order valence-corrected chi connectivity index (χ3v) is 6.88. The summed E-state index contributed by atoms with van der Waals surface area (Å²) in [6, 6.07) is 10.1. The van der Waals surface area contributed by atoms with Crippen molar-refractivity contribution in [1.29, 1.82) is 0 Å². The highest BCUT2D eigenvalue weighted by Crippen LogP contribution is 2.33. The van der Waals surface area contributed by atoms with Crippen molar-refractivity contribution in [3.05, 3.63) is 41.7 Å². The van der Waals surface area contributed by atoms with Crippen LogP contribution in [0.4, 0.5) is 0 Å². The molecule has 0 spiro atoms. The minimum absolute atomic E-state index is 0.0323. The van der Waals surface area contributed by atoms with E-state index in [9.17, 15) is 9.59 Å². The number of benzene rings is 1. The van der Waals surface area contributed by atoms with E-state index in [0.29, 0.717) is 5.69 Å². The Bertz CT molecular complexity index is 970. The maximum atomic E-state index is 13.6. The van der Waals surface area contributed by atoms with Crippen molar-refractivity contribution in [1.82, 2.24) is 19.8 Å². The summed E-state index contributed by atoms with van der Waals surface area (Å²) in [6.45, 7) is 9.97. The predicted octanol–water partition coefficient (Wildman–Crippen LogP) is 3.80. The van der Waals surface area contributed by atoms with Gasteiger partial charge >= 0.3 is 0 Å². The van der Waals surface area contributed by atoms with Gasteiger partial charge in [-0.3, -0.25) is 9.59 Å². The molecular weight excluding hydrogens is 400 g/mol. The number of carbonyl (C=O) groups excluding carboxylic acids is 2. The summed E-state index contributed by atoms with van der Waals surface area (Å²) < 4.78 is 2.25. The fourth-order valence-electron chi connectivity index (χ4n) is 4.73. The monoisotopic (exact) mass is 436 g/mol. The van der Waals surface area contributed by atoms with E-state index >= 15 is 0 Å². The van der Waals surface area contributed by atoms with Gasteiger partial charge in [0.25, 0.3) is 0 Å². The highest BCUT2D eigenvalue weighted by Gasteiger charge is 2.35. The molecule has 172 valence electrons. The van der Waals surface area contributed by atoms with E-state index < -0.39 is 5.92 Å². The molecule has 0 saturated heterocycles. The van der Waals surface area contributed by atoms with Crippen molar-refractivity contribution in [2.24, 2.45) is 17.3 Å². The lowest BCUT2D eigenvalue weighted by atomic mass is 9.77. The molecule has 1 fully saturated rings. The van der Waals surface area contributed by atoms with Gasteiger partial charge in [-0.15, -0.1) is 0 Å². The van der Waals surface area contributed by atoms with Crippen molar-refractivity contribution < 1.29 is 9.59 Å².